The number of fused-ring (bicyclic) bond motifs is 1. The largest absolute Gasteiger partial charge is 0.444 e. The number of hydrogen-bond acceptors (Lipinski definition) is 5. The Morgan fingerprint density at radius 1 is 1.43 bits per heavy atom. The first-order valence-electron chi connectivity index (χ1n) is 9.39. The van der Waals surface area contributed by atoms with Crippen LogP contribution in [0.25, 0.3) is 5.65 Å². The molecular weight excluding hydrogens is 370 g/mol. The van der Waals surface area contributed by atoms with E-state index in [2.05, 4.69) is 15.4 Å². The topological polar surface area (TPSA) is 88.8 Å². The van der Waals surface area contributed by atoms with Gasteiger partial charge in [0.05, 0.1) is 30.7 Å². The van der Waals surface area contributed by atoms with E-state index in [1.807, 2.05) is 0 Å². The zero-order chi connectivity index (χ0) is 20.5. The molecular formula is C19H26F2N4O3. The van der Waals surface area contributed by atoms with Crippen molar-refractivity contribution in [2.24, 2.45) is 5.92 Å². The normalized spacial score (nSPS) is 18.8. The number of alkyl carbamates (subject to hydrolysis) is 1. The van der Waals surface area contributed by atoms with Crippen LogP contribution in [-0.2, 0) is 11.3 Å². The number of alkyl halides is 2. The SMILES string of the molecule is CC(C)(C)OC(=O)N[C@H](c1cn2ncc(CO)cc2n1)C1CCC(F)(F)CC1. The predicted molar refractivity (Wildman–Crippen MR) is 97.9 cm³/mol. The van der Waals surface area contributed by atoms with Crippen LogP contribution in [-0.4, -0.2) is 37.3 Å². The monoisotopic (exact) mass is 396 g/mol. The smallest absolute Gasteiger partial charge is 0.408 e. The average molecular weight is 396 g/mol. The molecule has 2 N–H and O–H groups in total. The summed E-state index contributed by atoms with van der Waals surface area (Å²) >= 11 is 0. The number of nitrogens with one attached hydrogen (secondary N) is 1. The van der Waals surface area contributed by atoms with Gasteiger partial charge in [0, 0.05) is 18.4 Å². The molecule has 28 heavy (non-hydrogen) atoms. The maximum atomic E-state index is 13.6. The molecule has 1 amide bonds. The van der Waals surface area contributed by atoms with Crippen LogP contribution in [0, 0.1) is 5.92 Å². The molecule has 1 fully saturated rings. The number of ether oxygens (including phenoxy) is 1. The average Bonchev–Trinajstić information content (AvgIpc) is 3.01. The van der Waals surface area contributed by atoms with Crippen LogP contribution in [0.3, 0.4) is 0 Å². The fourth-order valence-corrected chi connectivity index (χ4v) is 3.43. The second-order valence-corrected chi connectivity index (χ2v) is 8.31. The van der Waals surface area contributed by atoms with Gasteiger partial charge in [-0.2, -0.15) is 5.10 Å². The molecule has 9 heteroatoms. The molecule has 0 aliphatic heterocycles. The molecule has 1 aliphatic carbocycles. The molecule has 0 aromatic carbocycles. The van der Waals surface area contributed by atoms with Crippen LogP contribution in [0.4, 0.5) is 13.6 Å². The molecule has 2 aromatic rings. The van der Waals surface area contributed by atoms with Gasteiger partial charge in [-0.25, -0.2) is 23.1 Å². The molecule has 7 nitrogen and oxygen atoms in total. The van der Waals surface area contributed by atoms with E-state index in [0.717, 1.165) is 0 Å². The number of rotatable bonds is 4. The van der Waals surface area contributed by atoms with Crippen molar-refractivity contribution in [3.8, 4) is 0 Å². The zero-order valence-electron chi connectivity index (χ0n) is 16.3. The van der Waals surface area contributed by atoms with Gasteiger partial charge in [-0.05, 0) is 45.6 Å². The quantitative estimate of drug-likeness (QED) is 0.824. The van der Waals surface area contributed by atoms with Crippen molar-refractivity contribution in [3.63, 3.8) is 0 Å². The van der Waals surface area contributed by atoms with Gasteiger partial charge in [0.1, 0.15) is 5.60 Å². The number of hydrogen-bond donors (Lipinski definition) is 2. The second kappa shape index (κ2) is 7.62. The Hall–Kier alpha value is -2.29. The summed E-state index contributed by atoms with van der Waals surface area (Å²) in [6.07, 6.45) is 2.69. The Bertz CT molecular complexity index is 837. The molecule has 154 valence electrons. The van der Waals surface area contributed by atoms with E-state index in [-0.39, 0.29) is 38.2 Å². The maximum absolute atomic E-state index is 13.6. The minimum Gasteiger partial charge on any atom is -0.444 e. The Morgan fingerprint density at radius 3 is 2.71 bits per heavy atom. The first-order chi connectivity index (χ1) is 13.1. The summed E-state index contributed by atoms with van der Waals surface area (Å²) in [6.45, 7) is 5.11. The summed E-state index contributed by atoms with van der Waals surface area (Å²) in [7, 11) is 0. The lowest BCUT2D eigenvalue weighted by Crippen LogP contribution is -2.40. The van der Waals surface area contributed by atoms with Crippen molar-refractivity contribution in [2.45, 2.75) is 70.6 Å². The lowest BCUT2D eigenvalue weighted by atomic mass is 9.81. The third-order valence-electron chi connectivity index (χ3n) is 4.80. The van der Waals surface area contributed by atoms with E-state index in [4.69, 9.17) is 4.74 Å². The highest BCUT2D eigenvalue weighted by molar-refractivity contribution is 5.68. The highest BCUT2D eigenvalue weighted by atomic mass is 19.3. The van der Waals surface area contributed by atoms with Crippen molar-refractivity contribution in [2.75, 3.05) is 0 Å². The summed E-state index contributed by atoms with van der Waals surface area (Å²) < 4.78 is 34.1. The summed E-state index contributed by atoms with van der Waals surface area (Å²) in [4.78, 5) is 16.9. The molecule has 0 radical (unpaired) electrons. The predicted octanol–water partition coefficient (Wildman–Crippen LogP) is 3.61. The van der Waals surface area contributed by atoms with E-state index in [9.17, 15) is 18.7 Å². The fraction of sp³-hybridized carbons (Fsp3) is 0.632. The number of aromatic nitrogens is 3. The van der Waals surface area contributed by atoms with Crippen LogP contribution in [0.5, 0.6) is 0 Å². The van der Waals surface area contributed by atoms with E-state index in [1.165, 1.54) is 10.7 Å². The van der Waals surface area contributed by atoms with Gasteiger partial charge in [-0.3, -0.25) is 0 Å². The van der Waals surface area contributed by atoms with Crippen molar-refractivity contribution in [1.29, 1.82) is 0 Å². The summed E-state index contributed by atoms with van der Waals surface area (Å²) in [5.74, 6) is -2.85. The zero-order valence-corrected chi connectivity index (χ0v) is 16.3. The molecule has 2 heterocycles. The Labute approximate surface area is 162 Å². The first-order valence-corrected chi connectivity index (χ1v) is 9.39. The molecule has 0 saturated heterocycles. The molecule has 0 spiro atoms. The highest BCUT2D eigenvalue weighted by Gasteiger charge is 2.39. The summed E-state index contributed by atoms with van der Waals surface area (Å²) in [6, 6.07) is 1.13. The fourth-order valence-electron chi connectivity index (χ4n) is 3.43. The van der Waals surface area contributed by atoms with Crippen LogP contribution in [0.2, 0.25) is 0 Å². The number of imidazole rings is 1. The maximum Gasteiger partial charge on any atom is 0.408 e. The van der Waals surface area contributed by atoms with Crippen molar-refractivity contribution >= 4 is 11.7 Å². The van der Waals surface area contributed by atoms with Gasteiger partial charge in [0.15, 0.2) is 5.65 Å². The van der Waals surface area contributed by atoms with Crippen LogP contribution >= 0.6 is 0 Å². The molecule has 1 saturated carbocycles. The Balaban J connectivity index is 1.88. The van der Waals surface area contributed by atoms with Crippen LogP contribution in [0.15, 0.2) is 18.5 Å². The third-order valence-corrected chi connectivity index (χ3v) is 4.80. The number of aliphatic hydroxyl groups is 1. The molecule has 1 aliphatic rings. The summed E-state index contributed by atoms with van der Waals surface area (Å²) in [5, 5.41) is 16.3. The van der Waals surface area contributed by atoms with E-state index < -0.39 is 23.7 Å². The van der Waals surface area contributed by atoms with Gasteiger partial charge in [-0.15, -0.1) is 0 Å². The van der Waals surface area contributed by atoms with Gasteiger partial charge in [0.2, 0.25) is 5.92 Å². The summed E-state index contributed by atoms with van der Waals surface area (Å²) in [5.41, 5.74) is 0.978. The van der Waals surface area contributed by atoms with Gasteiger partial charge in [-0.1, -0.05) is 0 Å². The molecule has 1 atom stereocenters. The lowest BCUT2D eigenvalue weighted by Gasteiger charge is -2.33. The van der Waals surface area contributed by atoms with Gasteiger partial charge >= 0.3 is 6.09 Å². The molecule has 2 aromatic heterocycles. The van der Waals surface area contributed by atoms with Crippen LogP contribution in [0.1, 0.15) is 63.8 Å². The third kappa shape index (κ3) is 4.95. The first kappa shape index (κ1) is 20.4. The molecule has 0 bridgehead atoms. The molecule has 0 unspecified atom stereocenters. The second-order valence-electron chi connectivity index (χ2n) is 8.31. The van der Waals surface area contributed by atoms with Crippen molar-refractivity contribution < 1.29 is 23.4 Å². The van der Waals surface area contributed by atoms with Gasteiger partial charge in [0.25, 0.3) is 0 Å². The number of aliphatic hydroxyl groups excluding tert-OH is 1. The number of nitrogens with zero attached hydrogens (tertiary/aromatic N) is 3. The van der Waals surface area contributed by atoms with Crippen LogP contribution < -0.4 is 5.32 Å². The number of amides is 1. The van der Waals surface area contributed by atoms with Crippen molar-refractivity contribution in [1.82, 2.24) is 19.9 Å². The highest BCUT2D eigenvalue weighted by Crippen LogP contribution is 2.41. The number of halogens is 2. The lowest BCUT2D eigenvalue weighted by molar-refractivity contribution is -0.0500. The minimum atomic E-state index is -2.66. The number of carbonyl (C=O) groups excluding carboxylic acids is 1. The number of carbonyl (C=O) groups is 1. The van der Waals surface area contributed by atoms with E-state index >= 15 is 0 Å². The van der Waals surface area contributed by atoms with E-state index in [1.54, 1.807) is 33.0 Å². The van der Waals surface area contributed by atoms with Gasteiger partial charge < -0.3 is 15.2 Å². The van der Waals surface area contributed by atoms with Crippen molar-refractivity contribution in [3.05, 3.63) is 29.7 Å². The minimum absolute atomic E-state index is 0.164. The Morgan fingerprint density at radius 2 is 2.11 bits per heavy atom. The molecule has 3 rings (SSSR count). The standard InChI is InChI=1S/C19H26F2N4O3/c1-18(2,3)28-17(27)24-16(13-4-6-19(20,21)7-5-13)14-10-25-15(23-14)8-12(11-26)9-22-25/h8-10,13,16,26H,4-7,11H2,1-3H3,(H,24,27)/t16-/m0/s1. The van der Waals surface area contributed by atoms with E-state index in [0.29, 0.717) is 16.9 Å². The Kier molecular flexibility index (Phi) is 5.56.